The van der Waals surface area contributed by atoms with E-state index >= 15 is 0 Å². The number of para-hydroxylation sites is 1. The summed E-state index contributed by atoms with van der Waals surface area (Å²) in [6, 6.07) is 10.1. The van der Waals surface area contributed by atoms with E-state index in [0.29, 0.717) is 28.8 Å². The van der Waals surface area contributed by atoms with Gasteiger partial charge < -0.3 is 20.6 Å². The summed E-state index contributed by atoms with van der Waals surface area (Å²) in [6.07, 6.45) is 0.487. The number of rotatable bonds is 4. The van der Waals surface area contributed by atoms with Crippen LogP contribution in [0.4, 0.5) is 10.5 Å². The zero-order valence-corrected chi connectivity index (χ0v) is 16.8. The number of nitrogens with one attached hydrogen (secondary N) is 3. The smallest absolute Gasteiger partial charge is 0.319 e. The molecule has 31 heavy (non-hydrogen) atoms. The zero-order chi connectivity index (χ0) is 22.1. The van der Waals surface area contributed by atoms with Gasteiger partial charge in [-0.25, -0.2) is 4.79 Å². The highest BCUT2D eigenvalue weighted by molar-refractivity contribution is 6.05. The first-order valence-electron chi connectivity index (χ1n) is 9.96. The normalized spacial score (nSPS) is 18.9. The molecule has 0 radical (unpaired) electrons. The number of nitrogens with zero attached hydrogens (tertiary/aromatic N) is 1. The first-order valence-corrected chi connectivity index (χ1v) is 9.96. The molecule has 0 saturated carbocycles. The Morgan fingerprint density at radius 1 is 1.19 bits per heavy atom. The van der Waals surface area contributed by atoms with Crippen LogP contribution in [-0.2, 0) is 16.1 Å². The Bertz CT molecular complexity index is 1080. The Balaban J connectivity index is 1.42. The Kier molecular flexibility index (Phi) is 5.33. The number of aromatic hydroxyl groups is 1. The molecular weight excluding hydrogens is 400 g/mol. The van der Waals surface area contributed by atoms with Gasteiger partial charge in [0.2, 0.25) is 11.8 Å². The summed E-state index contributed by atoms with van der Waals surface area (Å²) in [4.78, 5) is 50.1. The molecule has 2 aromatic rings. The summed E-state index contributed by atoms with van der Waals surface area (Å²) < 4.78 is 0. The summed E-state index contributed by atoms with van der Waals surface area (Å²) in [7, 11) is 0. The number of amides is 5. The van der Waals surface area contributed by atoms with E-state index in [0.717, 1.165) is 0 Å². The van der Waals surface area contributed by atoms with Gasteiger partial charge in [0.15, 0.2) is 0 Å². The molecule has 2 atom stereocenters. The van der Waals surface area contributed by atoms with Crippen LogP contribution in [0.15, 0.2) is 42.5 Å². The number of piperidine rings is 1. The number of phenols is 1. The largest absolute Gasteiger partial charge is 0.508 e. The third-order valence-corrected chi connectivity index (χ3v) is 5.53. The van der Waals surface area contributed by atoms with Crippen LogP contribution in [-0.4, -0.2) is 39.8 Å². The molecule has 0 bridgehead atoms. The Labute approximate surface area is 178 Å². The topological polar surface area (TPSA) is 128 Å². The Hall–Kier alpha value is -3.88. The summed E-state index contributed by atoms with van der Waals surface area (Å²) >= 11 is 0. The van der Waals surface area contributed by atoms with Gasteiger partial charge in [-0.05, 0) is 43.2 Å². The second-order valence-electron chi connectivity index (χ2n) is 7.65. The van der Waals surface area contributed by atoms with E-state index < -0.39 is 24.0 Å². The fraction of sp³-hybridized carbons (Fsp3) is 0.273. The average molecular weight is 422 g/mol. The zero-order valence-electron chi connectivity index (χ0n) is 16.8. The van der Waals surface area contributed by atoms with Gasteiger partial charge in [0, 0.05) is 29.8 Å². The van der Waals surface area contributed by atoms with Crippen molar-refractivity contribution < 1.29 is 24.3 Å². The second kappa shape index (κ2) is 8.10. The van der Waals surface area contributed by atoms with E-state index in [2.05, 4.69) is 16.0 Å². The standard InChI is InChI=1S/C22H22N4O5/c1-12(15-4-2-3-5-18(15)27)23-22(31)24-14-6-7-16-13(10-14)11-26(21(16)30)17-8-9-19(28)25-20(17)29/h2-7,10,12,17,27H,8-9,11H2,1H3,(H2,23,24,31)(H,25,28,29). The summed E-state index contributed by atoms with van der Waals surface area (Å²) in [5, 5.41) is 17.7. The van der Waals surface area contributed by atoms with Crippen molar-refractivity contribution in [3.8, 4) is 5.75 Å². The van der Waals surface area contributed by atoms with Crippen molar-refractivity contribution in [2.24, 2.45) is 0 Å². The van der Waals surface area contributed by atoms with Gasteiger partial charge in [-0.3, -0.25) is 19.7 Å². The van der Waals surface area contributed by atoms with E-state index in [-0.39, 0.29) is 30.5 Å². The maximum absolute atomic E-state index is 12.7. The van der Waals surface area contributed by atoms with Gasteiger partial charge in [0.1, 0.15) is 11.8 Å². The van der Waals surface area contributed by atoms with E-state index in [1.165, 1.54) is 4.90 Å². The molecule has 4 rings (SSSR count). The molecule has 160 valence electrons. The summed E-state index contributed by atoms with van der Waals surface area (Å²) in [5.41, 5.74) is 2.26. The highest BCUT2D eigenvalue weighted by Crippen LogP contribution is 2.29. The molecule has 2 aliphatic heterocycles. The molecule has 5 amide bonds. The highest BCUT2D eigenvalue weighted by Gasteiger charge is 2.39. The van der Waals surface area contributed by atoms with E-state index in [1.807, 2.05) is 0 Å². The molecular formula is C22H22N4O5. The number of carbonyl (C=O) groups is 4. The van der Waals surface area contributed by atoms with Crippen molar-refractivity contribution >= 4 is 29.4 Å². The van der Waals surface area contributed by atoms with Crippen molar-refractivity contribution in [1.82, 2.24) is 15.5 Å². The first-order chi connectivity index (χ1) is 14.8. The minimum Gasteiger partial charge on any atom is -0.508 e. The summed E-state index contributed by atoms with van der Waals surface area (Å²) in [6.45, 7) is 1.99. The molecule has 9 nitrogen and oxygen atoms in total. The molecule has 1 saturated heterocycles. The number of hydrogen-bond donors (Lipinski definition) is 4. The molecule has 1 fully saturated rings. The Morgan fingerprint density at radius 3 is 2.71 bits per heavy atom. The van der Waals surface area contributed by atoms with Gasteiger partial charge in [0.25, 0.3) is 5.91 Å². The number of hydrogen-bond acceptors (Lipinski definition) is 5. The lowest BCUT2D eigenvalue weighted by Gasteiger charge is -2.29. The van der Waals surface area contributed by atoms with Crippen LogP contribution >= 0.6 is 0 Å². The van der Waals surface area contributed by atoms with Crippen molar-refractivity contribution in [2.75, 3.05) is 5.32 Å². The van der Waals surface area contributed by atoms with Crippen molar-refractivity contribution in [3.63, 3.8) is 0 Å². The number of carbonyl (C=O) groups excluding carboxylic acids is 4. The molecule has 0 aliphatic carbocycles. The van der Waals surface area contributed by atoms with Crippen LogP contribution in [0.2, 0.25) is 0 Å². The van der Waals surface area contributed by atoms with Crippen LogP contribution in [0.1, 0.15) is 47.3 Å². The lowest BCUT2D eigenvalue weighted by atomic mass is 10.0. The molecule has 2 aliphatic rings. The molecule has 2 heterocycles. The monoisotopic (exact) mass is 422 g/mol. The number of fused-ring (bicyclic) bond motifs is 1. The van der Waals surface area contributed by atoms with Crippen LogP contribution in [0, 0.1) is 0 Å². The minimum atomic E-state index is -0.684. The van der Waals surface area contributed by atoms with Crippen molar-refractivity contribution in [1.29, 1.82) is 0 Å². The first kappa shape index (κ1) is 20.4. The minimum absolute atomic E-state index is 0.0971. The molecule has 9 heteroatoms. The molecule has 0 aromatic heterocycles. The number of urea groups is 1. The molecule has 4 N–H and O–H groups in total. The van der Waals surface area contributed by atoms with E-state index in [1.54, 1.807) is 49.4 Å². The van der Waals surface area contributed by atoms with Crippen LogP contribution in [0.3, 0.4) is 0 Å². The number of imide groups is 1. The van der Waals surface area contributed by atoms with Gasteiger partial charge in [-0.1, -0.05) is 18.2 Å². The molecule has 2 aromatic carbocycles. The average Bonchev–Trinajstić information content (AvgIpc) is 3.04. The van der Waals surface area contributed by atoms with Crippen LogP contribution in [0.5, 0.6) is 5.75 Å². The van der Waals surface area contributed by atoms with Crippen LogP contribution in [0.25, 0.3) is 0 Å². The van der Waals surface area contributed by atoms with Gasteiger partial charge in [-0.15, -0.1) is 0 Å². The fourth-order valence-electron chi connectivity index (χ4n) is 3.95. The predicted molar refractivity (Wildman–Crippen MR) is 111 cm³/mol. The number of phenolic OH excluding ortho intramolecular Hbond substituents is 1. The number of benzene rings is 2. The lowest BCUT2D eigenvalue weighted by Crippen LogP contribution is -2.52. The maximum Gasteiger partial charge on any atom is 0.319 e. The van der Waals surface area contributed by atoms with E-state index in [9.17, 15) is 24.3 Å². The predicted octanol–water partition coefficient (Wildman–Crippen LogP) is 2.04. The van der Waals surface area contributed by atoms with Crippen molar-refractivity contribution in [3.05, 3.63) is 59.2 Å². The molecule has 0 spiro atoms. The van der Waals surface area contributed by atoms with Crippen LogP contribution < -0.4 is 16.0 Å². The molecule has 2 unspecified atom stereocenters. The van der Waals surface area contributed by atoms with Gasteiger partial charge >= 0.3 is 6.03 Å². The van der Waals surface area contributed by atoms with E-state index in [4.69, 9.17) is 0 Å². The van der Waals surface area contributed by atoms with Gasteiger partial charge in [0.05, 0.1) is 6.04 Å². The quantitative estimate of drug-likeness (QED) is 0.561. The highest BCUT2D eigenvalue weighted by atomic mass is 16.3. The third kappa shape index (κ3) is 4.07. The lowest BCUT2D eigenvalue weighted by molar-refractivity contribution is -0.136. The fourth-order valence-corrected chi connectivity index (χ4v) is 3.95. The van der Waals surface area contributed by atoms with Gasteiger partial charge in [-0.2, -0.15) is 0 Å². The SMILES string of the molecule is CC(NC(=O)Nc1ccc2c(c1)CN(C1CCC(=O)NC1=O)C2=O)c1ccccc1O. The second-order valence-corrected chi connectivity index (χ2v) is 7.65. The third-order valence-electron chi connectivity index (χ3n) is 5.53. The van der Waals surface area contributed by atoms with Crippen molar-refractivity contribution in [2.45, 2.75) is 38.4 Å². The number of anilines is 1. The summed E-state index contributed by atoms with van der Waals surface area (Å²) in [5.74, 6) is -0.970. The Morgan fingerprint density at radius 2 is 1.97 bits per heavy atom. The maximum atomic E-state index is 12.7.